The van der Waals surface area contributed by atoms with Crippen LogP contribution in [0.2, 0.25) is 0 Å². The number of hydrogen-bond donors (Lipinski definition) is 2. The van der Waals surface area contributed by atoms with Crippen LogP contribution < -0.4 is 10.9 Å². The lowest BCUT2D eigenvalue weighted by Gasteiger charge is -2.57. The SMILES string of the molecule is Cc1nc2ccc(CSC(=S)NC34CC5CC(CC(C5)C3)C4)cc2c(=O)[nH]1. The summed E-state index contributed by atoms with van der Waals surface area (Å²) in [5, 5.41) is 4.42. The molecule has 1 aromatic carbocycles. The Hall–Kier alpha value is -1.40. The number of thioether (sulfide) groups is 1. The van der Waals surface area contributed by atoms with E-state index in [9.17, 15) is 4.79 Å². The first kappa shape index (κ1) is 17.7. The number of hydrogen-bond acceptors (Lipinski definition) is 4. The largest absolute Gasteiger partial charge is 0.366 e. The topological polar surface area (TPSA) is 57.8 Å². The van der Waals surface area contributed by atoms with Gasteiger partial charge in [0.15, 0.2) is 0 Å². The Bertz CT molecular complexity index is 932. The minimum atomic E-state index is -0.0707. The fourth-order valence-electron chi connectivity index (χ4n) is 6.06. The van der Waals surface area contributed by atoms with Gasteiger partial charge in [0.05, 0.1) is 10.9 Å². The average Bonchev–Trinajstić information content (AvgIpc) is 2.58. The van der Waals surface area contributed by atoms with Gasteiger partial charge in [0.25, 0.3) is 5.56 Å². The maximum absolute atomic E-state index is 12.2. The van der Waals surface area contributed by atoms with Crippen LogP contribution in [0.5, 0.6) is 0 Å². The number of nitrogens with zero attached hydrogens (tertiary/aromatic N) is 1. The Morgan fingerprint density at radius 2 is 1.93 bits per heavy atom. The van der Waals surface area contributed by atoms with Gasteiger partial charge in [0.2, 0.25) is 0 Å². The summed E-state index contributed by atoms with van der Waals surface area (Å²) in [5.41, 5.74) is 2.05. The summed E-state index contributed by atoms with van der Waals surface area (Å²) < 4.78 is 0.910. The Labute approximate surface area is 168 Å². The minimum Gasteiger partial charge on any atom is -0.366 e. The Morgan fingerprint density at radius 3 is 2.59 bits per heavy atom. The van der Waals surface area contributed by atoms with Crippen LogP contribution in [0.1, 0.15) is 49.9 Å². The van der Waals surface area contributed by atoms with E-state index in [1.165, 1.54) is 38.5 Å². The normalized spacial score (nSPS) is 31.4. The molecule has 1 aromatic heterocycles. The van der Waals surface area contributed by atoms with Crippen LogP contribution in [0.15, 0.2) is 23.0 Å². The number of aromatic amines is 1. The molecule has 6 rings (SSSR count). The Kier molecular flexibility index (Phi) is 4.32. The van der Waals surface area contributed by atoms with Crippen molar-refractivity contribution in [3.8, 4) is 0 Å². The third-order valence-electron chi connectivity index (χ3n) is 6.66. The van der Waals surface area contributed by atoms with Crippen LogP contribution in [-0.4, -0.2) is 19.8 Å². The van der Waals surface area contributed by atoms with Crippen molar-refractivity contribution < 1.29 is 0 Å². The molecule has 142 valence electrons. The first-order chi connectivity index (χ1) is 13.0. The van der Waals surface area contributed by atoms with Crippen LogP contribution in [0.3, 0.4) is 0 Å². The van der Waals surface area contributed by atoms with Crippen molar-refractivity contribution in [2.45, 2.75) is 56.7 Å². The van der Waals surface area contributed by atoms with Gasteiger partial charge in [-0.1, -0.05) is 30.0 Å². The molecular weight excluding hydrogens is 374 g/mol. The summed E-state index contributed by atoms with van der Waals surface area (Å²) in [5.74, 6) is 4.18. The Balaban J connectivity index is 1.26. The highest BCUT2D eigenvalue weighted by atomic mass is 32.2. The summed E-state index contributed by atoms with van der Waals surface area (Å²) in [6, 6.07) is 5.93. The van der Waals surface area contributed by atoms with Crippen LogP contribution in [0, 0.1) is 24.7 Å². The lowest BCUT2D eigenvalue weighted by molar-refractivity contribution is -0.00934. The van der Waals surface area contributed by atoms with Crippen molar-refractivity contribution in [3.05, 3.63) is 39.9 Å². The number of benzene rings is 1. The molecular formula is C21H25N3OS2. The third-order valence-corrected chi connectivity index (χ3v) is 7.96. The average molecular weight is 400 g/mol. The molecule has 4 fully saturated rings. The summed E-state index contributed by atoms with van der Waals surface area (Å²) in [4.78, 5) is 19.3. The molecule has 4 aliphatic carbocycles. The molecule has 0 unspecified atom stereocenters. The van der Waals surface area contributed by atoms with Crippen molar-refractivity contribution in [3.63, 3.8) is 0 Å². The minimum absolute atomic E-state index is 0.0707. The Morgan fingerprint density at radius 1 is 1.26 bits per heavy atom. The highest BCUT2D eigenvalue weighted by Gasteiger charge is 2.51. The quantitative estimate of drug-likeness (QED) is 0.753. The van der Waals surface area contributed by atoms with E-state index in [2.05, 4.69) is 21.4 Å². The van der Waals surface area contributed by atoms with E-state index in [-0.39, 0.29) is 11.1 Å². The first-order valence-electron chi connectivity index (χ1n) is 9.92. The second-order valence-corrected chi connectivity index (χ2v) is 10.6. The third kappa shape index (κ3) is 3.42. The molecule has 1 heterocycles. The van der Waals surface area contributed by atoms with Gasteiger partial charge >= 0.3 is 0 Å². The summed E-state index contributed by atoms with van der Waals surface area (Å²) in [7, 11) is 0. The molecule has 4 bridgehead atoms. The lowest BCUT2D eigenvalue weighted by atomic mass is 9.53. The molecule has 4 nitrogen and oxygen atoms in total. The highest BCUT2D eigenvalue weighted by molar-refractivity contribution is 8.22. The molecule has 0 amide bonds. The van der Waals surface area contributed by atoms with Crippen LogP contribution in [-0.2, 0) is 5.75 Å². The molecule has 0 saturated heterocycles. The van der Waals surface area contributed by atoms with Gasteiger partial charge in [0.1, 0.15) is 10.1 Å². The van der Waals surface area contributed by atoms with E-state index in [0.717, 1.165) is 38.9 Å². The van der Waals surface area contributed by atoms with Crippen LogP contribution in [0.4, 0.5) is 0 Å². The number of fused-ring (bicyclic) bond motifs is 1. The highest BCUT2D eigenvalue weighted by Crippen LogP contribution is 2.55. The van der Waals surface area contributed by atoms with Gasteiger partial charge in [0, 0.05) is 11.3 Å². The number of aromatic nitrogens is 2. The number of rotatable bonds is 3. The predicted molar refractivity (Wildman–Crippen MR) is 115 cm³/mol. The van der Waals surface area contributed by atoms with Crippen molar-refractivity contribution in [2.24, 2.45) is 17.8 Å². The van der Waals surface area contributed by atoms with E-state index in [4.69, 9.17) is 12.2 Å². The molecule has 0 radical (unpaired) electrons. The first-order valence-corrected chi connectivity index (χ1v) is 11.3. The standard InChI is InChI=1S/C21H25N3OS2/c1-12-22-18-3-2-13(7-17(18)19(25)23-12)11-27-20(26)24-21-8-14-4-15(9-21)6-16(5-14)10-21/h2-3,7,14-16H,4-6,8-11H2,1H3,(H,24,26)(H,22,23,25). The second-order valence-electron chi connectivity index (χ2n) is 8.90. The van der Waals surface area contributed by atoms with Gasteiger partial charge < -0.3 is 10.3 Å². The molecule has 0 spiro atoms. The van der Waals surface area contributed by atoms with E-state index >= 15 is 0 Å². The molecule has 0 aliphatic heterocycles. The van der Waals surface area contributed by atoms with Crippen molar-refractivity contribution in [1.29, 1.82) is 0 Å². The van der Waals surface area contributed by atoms with E-state index in [1.54, 1.807) is 18.7 Å². The number of thiocarbonyl (C=S) groups is 1. The van der Waals surface area contributed by atoms with Gasteiger partial charge in [-0.25, -0.2) is 4.98 Å². The van der Waals surface area contributed by atoms with Gasteiger partial charge in [-0.05, 0) is 80.9 Å². The maximum Gasteiger partial charge on any atom is 0.258 e. The van der Waals surface area contributed by atoms with Crippen LogP contribution in [0.25, 0.3) is 10.9 Å². The van der Waals surface area contributed by atoms with Crippen molar-refractivity contribution in [1.82, 2.24) is 15.3 Å². The molecule has 27 heavy (non-hydrogen) atoms. The van der Waals surface area contributed by atoms with Crippen molar-refractivity contribution in [2.75, 3.05) is 0 Å². The molecule has 4 aliphatic rings. The van der Waals surface area contributed by atoms with E-state index in [0.29, 0.717) is 11.2 Å². The molecule has 2 N–H and O–H groups in total. The fourth-order valence-corrected chi connectivity index (χ4v) is 7.22. The second kappa shape index (κ2) is 6.59. The van der Waals surface area contributed by atoms with Gasteiger partial charge in [-0.3, -0.25) is 4.79 Å². The molecule has 6 heteroatoms. The maximum atomic E-state index is 12.2. The van der Waals surface area contributed by atoms with Gasteiger partial charge in [-0.15, -0.1) is 0 Å². The predicted octanol–water partition coefficient (Wildman–Crippen LogP) is 4.31. The zero-order chi connectivity index (χ0) is 18.6. The monoisotopic (exact) mass is 399 g/mol. The molecule has 4 saturated carbocycles. The van der Waals surface area contributed by atoms with E-state index in [1.807, 2.05) is 12.1 Å². The summed E-state index contributed by atoms with van der Waals surface area (Å²) >= 11 is 7.38. The van der Waals surface area contributed by atoms with Crippen LogP contribution >= 0.6 is 24.0 Å². The zero-order valence-corrected chi connectivity index (χ0v) is 17.2. The zero-order valence-electron chi connectivity index (χ0n) is 15.6. The lowest BCUT2D eigenvalue weighted by Crippen LogP contribution is -2.59. The summed E-state index contributed by atoms with van der Waals surface area (Å²) in [6.45, 7) is 1.80. The van der Waals surface area contributed by atoms with Crippen molar-refractivity contribution >= 4 is 39.2 Å². The summed E-state index contributed by atoms with van der Waals surface area (Å²) in [6.07, 6.45) is 8.24. The molecule has 2 aromatic rings. The number of H-pyrrole nitrogens is 1. The fraction of sp³-hybridized carbons (Fsp3) is 0.571. The molecule has 0 atom stereocenters. The number of nitrogens with one attached hydrogen (secondary N) is 2. The van der Waals surface area contributed by atoms with Gasteiger partial charge in [-0.2, -0.15) is 0 Å². The smallest absolute Gasteiger partial charge is 0.258 e. The number of aryl methyl sites for hydroxylation is 1. The van der Waals surface area contributed by atoms with E-state index < -0.39 is 0 Å².